The fourth-order valence-electron chi connectivity index (χ4n) is 3.52. The molecule has 1 fully saturated rings. The smallest absolute Gasteiger partial charge is 0.225 e. The molecule has 6 heteroatoms. The normalized spacial score (nSPS) is 14.6. The van der Waals surface area contributed by atoms with E-state index < -0.39 is 0 Å². The molecule has 0 unspecified atom stereocenters. The van der Waals surface area contributed by atoms with E-state index in [-0.39, 0.29) is 0 Å². The molecule has 0 saturated heterocycles. The van der Waals surface area contributed by atoms with Crippen LogP contribution in [-0.4, -0.2) is 21.0 Å². The molecule has 0 spiro atoms. The van der Waals surface area contributed by atoms with Gasteiger partial charge in [0.25, 0.3) is 0 Å². The van der Waals surface area contributed by atoms with Crippen molar-refractivity contribution in [3.8, 4) is 11.4 Å². The second-order valence-corrected chi connectivity index (χ2v) is 8.10. The van der Waals surface area contributed by atoms with Crippen LogP contribution in [0.25, 0.3) is 11.4 Å². The van der Waals surface area contributed by atoms with Crippen LogP contribution in [0, 0.1) is 6.92 Å². The van der Waals surface area contributed by atoms with Crippen molar-refractivity contribution in [3.05, 3.63) is 58.7 Å². The number of benzene rings is 1. The van der Waals surface area contributed by atoms with E-state index in [4.69, 9.17) is 9.97 Å². The Labute approximate surface area is 174 Å². The zero-order valence-electron chi connectivity index (χ0n) is 16.0. The highest BCUT2D eigenvalue weighted by Crippen LogP contribution is 2.26. The van der Waals surface area contributed by atoms with Crippen molar-refractivity contribution in [2.45, 2.75) is 45.1 Å². The summed E-state index contributed by atoms with van der Waals surface area (Å²) < 4.78 is 1.09. The van der Waals surface area contributed by atoms with Gasteiger partial charge in [-0.1, -0.05) is 41.3 Å². The van der Waals surface area contributed by atoms with Gasteiger partial charge in [0.2, 0.25) is 5.95 Å². The Morgan fingerprint density at radius 1 is 0.964 bits per heavy atom. The maximum atomic E-state index is 4.74. The number of anilines is 3. The highest BCUT2D eigenvalue weighted by atomic mass is 79.9. The molecule has 1 aliphatic carbocycles. The van der Waals surface area contributed by atoms with E-state index in [1.165, 1.54) is 37.7 Å². The van der Waals surface area contributed by atoms with Crippen molar-refractivity contribution in [1.82, 2.24) is 15.0 Å². The van der Waals surface area contributed by atoms with E-state index >= 15 is 0 Å². The molecule has 2 N–H and O–H groups in total. The van der Waals surface area contributed by atoms with Crippen LogP contribution in [0.2, 0.25) is 0 Å². The van der Waals surface area contributed by atoms with Crippen molar-refractivity contribution < 1.29 is 0 Å². The highest BCUT2D eigenvalue weighted by Gasteiger charge is 2.16. The van der Waals surface area contributed by atoms with Gasteiger partial charge in [0.1, 0.15) is 5.82 Å². The quantitative estimate of drug-likeness (QED) is 0.504. The number of halogens is 1. The molecule has 144 valence electrons. The molecule has 2 heterocycles. The summed E-state index contributed by atoms with van der Waals surface area (Å²) in [6.45, 7) is 2.07. The summed E-state index contributed by atoms with van der Waals surface area (Å²) >= 11 is 3.55. The van der Waals surface area contributed by atoms with Crippen LogP contribution < -0.4 is 10.6 Å². The molecule has 0 bridgehead atoms. The van der Waals surface area contributed by atoms with Crippen molar-refractivity contribution in [1.29, 1.82) is 0 Å². The van der Waals surface area contributed by atoms with E-state index in [0.717, 1.165) is 27.4 Å². The topological polar surface area (TPSA) is 62.7 Å². The second-order valence-electron chi connectivity index (χ2n) is 7.25. The molecule has 1 saturated carbocycles. The summed E-state index contributed by atoms with van der Waals surface area (Å²) in [6.07, 6.45) is 7.99. The molecule has 0 atom stereocenters. The first kappa shape index (κ1) is 18.9. The van der Waals surface area contributed by atoms with Crippen molar-refractivity contribution in [2.75, 3.05) is 10.6 Å². The standard InChI is InChI=1S/C22H24BrN5/c1-15-13-17(10-11-18(15)23)25-21-14-20(19-9-5-6-12-24-19)27-22(28-21)26-16-7-3-2-4-8-16/h5-6,9-14,16H,2-4,7-8H2,1H3,(H2,25,26,27,28). The average molecular weight is 438 g/mol. The van der Waals surface area contributed by atoms with Crippen molar-refractivity contribution >= 4 is 33.4 Å². The minimum absolute atomic E-state index is 0.440. The molecule has 4 rings (SSSR count). The van der Waals surface area contributed by atoms with E-state index in [1.807, 2.05) is 36.4 Å². The average Bonchev–Trinajstić information content (AvgIpc) is 2.72. The van der Waals surface area contributed by atoms with Gasteiger partial charge in [-0.15, -0.1) is 0 Å². The maximum absolute atomic E-state index is 4.74. The van der Waals surface area contributed by atoms with Gasteiger partial charge in [0.15, 0.2) is 0 Å². The molecular formula is C22H24BrN5. The second kappa shape index (κ2) is 8.69. The summed E-state index contributed by atoms with van der Waals surface area (Å²) in [4.78, 5) is 13.9. The Morgan fingerprint density at radius 3 is 2.57 bits per heavy atom. The Bertz CT molecular complexity index is 939. The van der Waals surface area contributed by atoms with Gasteiger partial charge in [-0.2, -0.15) is 4.98 Å². The molecule has 1 aromatic carbocycles. The Balaban J connectivity index is 1.65. The third-order valence-electron chi connectivity index (χ3n) is 5.02. The lowest BCUT2D eigenvalue weighted by Crippen LogP contribution is -2.23. The van der Waals surface area contributed by atoms with Crippen LogP contribution in [0.3, 0.4) is 0 Å². The maximum Gasteiger partial charge on any atom is 0.225 e. The number of aromatic nitrogens is 3. The lowest BCUT2D eigenvalue weighted by atomic mass is 9.96. The number of nitrogens with one attached hydrogen (secondary N) is 2. The van der Waals surface area contributed by atoms with Gasteiger partial charge in [-0.05, 0) is 55.7 Å². The first-order valence-corrected chi connectivity index (χ1v) is 10.6. The van der Waals surface area contributed by atoms with E-state index in [1.54, 1.807) is 6.20 Å². The first-order chi connectivity index (χ1) is 13.7. The molecule has 5 nitrogen and oxygen atoms in total. The third kappa shape index (κ3) is 4.68. The monoisotopic (exact) mass is 437 g/mol. The van der Waals surface area contributed by atoms with Crippen molar-refractivity contribution in [3.63, 3.8) is 0 Å². The van der Waals surface area contributed by atoms with E-state index in [9.17, 15) is 0 Å². The van der Waals surface area contributed by atoms with Gasteiger partial charge in [-0.3, -0.25) is 4.98 Å². The van der Waals surface area contributed by atoms with Crippen LogP contribution in [-0.2, 0) is 0 Å². The number of rotatable bonds is 5. The lowest BCUT2D eigenvalue weighted by molar-refractivity contribution is 0.461. The Morgan fingerprint density at radius 2 is 1.82 bits per heavy atom. The number of hydrogen-bond acceptors (Lipinski definition) is 5. The molecule has 1 aliphatic rings. The predicted molar refractivity (Wildman–Crippen MR) is 118 cm³/mol. The molecule has 3 aromatic rings. The summed E-state index contributed by atoms with van der Waals surface area (Å²) in [6, 6.07) is 14.4. The molecule has 2 aromatic heterocycles. The first-order valence-electron chi connectivity index (χ1n) is 9.77. The fraction of sp³-hybridized carbons (Fsp3) is 0.318. The number of pyridine rings is 1. The van der Waals surface area contributed by atoms with Gasteiger partial charge >= 0.3 is 0 Å². The number of aryl methyl sites for hydroxylation is 1. The summed E-state index contributed by atoms with van der Waals surface area (Å²) in [5, 5.41) is 6.96. The van der Waals surface area contributed by atoms with Crippen LogP contribution in [0.5, 0.6) is 0 Å². The fourth-order valence-corrected chi connectivity index (χ4v) is 3.77. The summed E-state index contributed by atoms with van der Waals surface area (Å²) in [7, 11) is 0. The van der Waals surface area contributed by atoms with Crippen LogP contribution in [0.15, 0.2) is 53.1 Å². The zero-order valence-corrected chi connectivity index (χ0v) is 17.5. The zero-order chi connectivity index (χ0) is 19.3. The lowest BCUT2D eigenvalue weighted by Gasteiger charge is -2.23. The Hall–Kier alpha value is -2.47. The molecular weight excluding hydrogens is 414 g/mol. The third-order valence-corrected chi connectivity index (χ3v) is 5.91. The minimum Gasteiger partial charge on any atom is -0.351 e. The molecule has 28 heavy (non-hydrogen) atoms. The van der Waals surface area contributed by atoms with Crippen LogP contribution >= 0.6 is 15.9 Å². The minimum atomic E-state index is 0.440. The van der Waals surface area contributed by atoms with E-state index in [2.05, 4.69) is 44.5 Å². The molecule has 0 amide bonds. The van der Waals surface area contributed by atoms with Crippen LogP contribution in [0.4, 0.5) is 17.5 Å². The highest BCUT2D eigenvalue weighted by molar-refractivity contribution is 9.10. The summed E-state index contributed by atoms with van der Waals surface area (Å²) in [5.74, 6) is 1.42. The number of nitrogens with zero attached hydrogens (tertiary/aromatic N) is 3. The van der Waals surface area contributed by atoms with Crippen molar-refractivity contribution in [2.24, 2.45) is 0 Å². The number of hydrogen-bond donors (Lipinski definition) is 2. The predicted octanol–water partition coefficient (Wildman–Crippen LogP) is 6.10. The van der Waals surface area contributed by atoms with E-state index in [0.29, 0.717) is 12.0 Å². The summed E-state index contributed by atoms with van der Waals surface area (Å²) in [5.41, 5.74) is 3.82. The van der Waals surface area contributed by atoms with Gasteiger partial charge in [0.05, 0.1) is 11.4 Å². The van der Waals surface area contributed by atoms with Crippen LogP contribution in [0.1, 0.15) is 37.7 Å². The SMILES string of the molecule is Cc1cc(Nc2cc(-c3ccccn3)nc(NC3CCCCC3)n2)ccc1Br. The van der Waals surface area contributed by atoms with Gasteiger partial charge in [0, 0.05) is 28.5 Å². The molecule has 0 radical (unpaired) electrons. The molecule has 0 aliphatic heterocycles. The van der Waals surface area contributed by atoms with Gasteiger partial charge < -0.3 is 10.6 Å². The van der Waals surface area contributed by atoms with Gasteiger partial charge in [-0.25, -0.2) is 4.98 Å². The largest absolute Gasteiger partial charge is 0.351 e. The Kier molecular flexibility index (Phi) is 5.86.